The molecule has 20 heavy (non-hydrogen) atoms. The highest BCUT2D eigenvalue weighted by atomic mass is 79.9. The molecule has 1 unspecified atom stereocenters. The van der Waals surface area contributed by atoms with Crippen LogP contribution in [0.15, 0.2) is 40.9 Å². The van der Waals surface area contributed by atoms with Gasteiger partial charge in [-0.25, -0.2) is 4.39 Å². The molecule has 0 spiro atoms. The zero-order chi connectivity index (χ0) is 14.7. The molecule has 0 bridgehead atoms. The number of hydrogen-bond donors (Lipinski definition) is 1. The summed E-state index contributed by atoms with van der Waals surface area (Å²) in [4.78, 5) is 0. The van der Waals surface area contributed by atoms with E-state index in [1.807, 2.05) is 20.0 Å². The van der Waals surface area contributed by atoms with Crippen LogP contribution in [0, 0.1) is 5.82 Å². The lowest BCUT2D eigenvalue weighted by Crippen LogP contribution is -2.13. The fraction of sp³-hybridized carbons (Fsp3) is 0.200. The molecule has 1 atom stereocenters. The molecule has 2 aromatic carbocycles. The van der Waals surface area contributed by atoms with Gasteiger partial charge in [-0.15, -0.1) is 0 Å². The maximum atomic E-state index is 13.4. The van der Waals surface area contributed by atoms with E-state index in [9.17, 15) is 4.39 Å². The summed E-state index contributed by atoms with van der Waals surface area (Å²) in [5.74, 6) is 0.819. The molecule has 0 aliphatic heterocycles. The summed E-state index contributed by atoms with van der Waals surface area (Å²) in [7, 11) is 1.81. The number of benzene rings is 2. The highest BCUT2D eigenvalue weighted by Crippen LogP contribution is 2.35. The van der Waals surface area contributed by atoms with E-state index in [0.29, 0.717) is 16.5 Å². The Bertz CT molecular complexity index is 621. The summed E-state index contributed by atoms with van der Waals surface area (Å²) in [6, 6.07) is 9.76. The largest absolute Gasteiger partial charge is 0.455 e. The summed E-state index contributed by atoms with van der Waals surface area (Å²) >= 11 is 9.47. The molecule has 0 aliphatic carbocycles. The van der Waals surface area contributed by atoms with Crippen LogP contribution in [0.4, 0.5) is 4.39 Å². The van der Waals surface area contributed by atoms with Crippen molar-refractivity contribution in [3.63, 3.8) is 0 Å². The molecule has 5 heteroatoms. The Morgan fingerprint density at radius 1 is 1.20 bits per heavy atom. The Labute approximate surface area is 131 Å². The molecule has 0 heterocycles. The van der Waals surface area contributed by atoms with Crippen LogP contribution in [0.3, 0.4) is 0 Å². The number of hydrogen-bond acceptors (Lipinski definition) is 2. The third kappa shape index (κ3) is 3.51. The van der Waals surface area contributed by atoms with Gasteiger partial charge in [-0.2, -0.15) is 0 Å². The molecule has 2 aromatic rings. The van der Waals surface area contributed by atoms with E-state index >= 15 is 0 Å². The van der Waals surface area contributed by atoms with Gasteiger partial charge in [0.2, 0.25) is 0 Å². The van der Waals surface area contributed by atoms with Crippen molar-refractivity contribution < 1.29 is 9.13 Å². The number of halogens is 3. The van der Waals surface area contributed by atoms with Crippen molar-refractivity contribution in [1.82, 2.24) is 5.32 Å². The van der Waals surface area contributed by atoms with Crippen LogP contribution in [-0.2, 0) is 0 Å². The lowest BCUT2D eigenvalue weighted by Gasteiger charge is -2.17. The second kappa shape index (κ2) is 6.57. The van der Waals surface area contributed by atoms with Gasteiger partial charge in [0.15, 0.2) is 0 Å². The first-order valence-electron chi connectivity index (χ1n) is 6.11. The summed E-state index contributed by atoms with van der Waals surface area (Å²) in [6.45, 7) is 1.94. The lowest BCUT2D eigenvalue weighted by atomic mass is 10.1. The molecule has 0 aliphatic rings. The first-order chi connectivity index (χ1) is 9.51. The standard InChI is InChI=1S/C15H14BrClFNO/c1-9(19-2)12-8-11(18)4-6-14(12)20-15-5-3-10(16)7-13(15)17/h3-9,19H,1-2H3. The van der Waals surface area contributed by atoms with Gasteiger partial charge < -0.3 is 10.1 Å². The molecule has 2 nitrogen and oxygen atoms in total. The van der Waals surface area contributed by atoms with Gasteiger partial charge in [0.25, 0.3) is 0 Å². The van der Waals surface area contributed by atoms with Gasteiger partial charge >= 0.3 is 0 Å². The van der Waals surface area contributed by atoms with E-state index in [-0.39, 0.29) is 11.9 Å². The Hall–Kier alpha value is -1.10. The first kappa shape index (κ1) is 15.3. The van der Waals surface area contributed by atoms with Crippen molar-refractivity contribution in [2.75, 3.05) is 7.05 Å². The first-order valence-corrected chi connectivity index (χ1v) is 7.28. The number of ether oxygens (including phenoxy) is 1. The monoisotopic (exact) mass is 357 g/mol. The predicted octanol–water partition coefficient (Wildman–Crippen LogP) is 5.31. The molecule has 0 amide bonds. The average Bonchev–Trinajstić information content (AvgIpc) is 2.42. The maximum Gasteiger partial charge on any atom is 0.146 e. The maximum absolute atomic E-state index is 13.4. The molecule has 0 saturated heterocycles. The van der Waals surface area contributed by atoms with Crippen molar-refractivity contribution >= 4 is 27.5 Å². The average molecular weight is 359 g/mol. The quantitative estimate of drug-likeness (QED) is 0.799. The molecule has 0 fully saturated rings. The van der Waals surface area contributed by atoms with Gasteiger partial charge in [0.1, 0.15) is 17.3 Å². The summed E-state index contributed by atoms with van der Waals surface area (Å²) in [5.41, 5.74) is 0.742. The van der Waals surface area contributed by atoms with E-state index in [0.717, 1.165) is 10.0 Å². The van der Waals surface area contributed by atoms with Crippen molar-refractivity contribution in [1.29, 1.82) is 0 Å². The van der Waals surface area contributed by atoms with Crippen LogP contribution in [0.25, 0.3) is 0 Å². The van der Waals surface area contributed by atoms with Crippen LogP contribution < -0.4 is 10.1 Å². The summed E-state index contributed by atoms with van der Waals surface area (Å²) < 4.78 is 20.1. The summed E-state index contributed by atoms with van der Waals surface area (Å²) in [5, 5.41) is 3.56. The zero-order valence-electron chi connectivity index (χ0n) is 11.1. The highest BCUT2D eigenvalue weighted by Gasteiger charge is 2.13. The smallest absolute Gasteiger partial charge is 0.146 e. The van der Waals surface area contributed by atoms with Crippen molar-refractivity contribution in [3.05, 3.63) is 57.3 Å². The third-order valence-corrected chi connectivity index (χ3v) is 3.77. The molecule has 0 radical (unpaired) electrons. The molecule has 2 rings (SSSR count). The Balaban J connectivity index is 2.37. The summed E-state index contributed by atoms with van der Waals surface area (Å²) in [6.07, 6.45) is 0. The van der Waals surface area contributed by atoms with Gasteiger partial charge in [0.05, 0.1) is 5.02 Å². The SMILES string of the molecule is CNC(C)c1cc(F)ccc1Oc1ccc(Br)cc1Cl. The van der Waals surface area contributed by atoms with E-state index in [2.05, 4.69) is 21.2 Å². The van der Waals surface area contributed by atoms with E-state index in [4.69, 9.17) is 16.3 Å². The molecular formula is C15H14BrClFNO. The lowest BCUT2D eigenvalue weighted by molar-refractivity contribution is 0.463. The second-order valence-electron chi connectivity index (χ2n) is 4.37. The minimum absolute atomic E-state index is 0.0325. The van der Waals surface area contributed by atoms with Gasteiger partial charge in [-0.05, 0) is 50.4 Å². The van der Waals surface area contributed by atoms with Crippen molar-refractivity contribution in [2.24, 2.45) is 0 Å². The van der Waals surface area contributed by atoms with E-state index in [1.165, 1.54) is 12.1 Å². The van der Waals surface area contributed by atoms with Crippen LogP contribution in [0.2, 0.25) is 5.02 Å². The topological polar surface area (TPSA) is 21.3 Å². The third-order valence-electron chi connectivity index (χ3n) is 2.99. The number of nitrogens with one attached hydrogen (secondary N) is 1. The van der Waals surface area contributed by atoms with Crippen molar-refractivity contribution in [3.8, 4) is 11.5 Å². The van der Waals surface area contributed by atoms with E-state index < -0.39 is 0 Å². The van der Waals surface area contributed by atoms with Crippen LogP contribution in [0.1, 0.15) is 18.5 Å². The normalized spacial score (nSPS) is 12.2. The van der Waals surface area contributed by atoms with Gasteiger partial charge in [-0.1, -0.05) is 27.5 Å². The van der Waals surface area contributed by atoms with Gasteiger partial charge in [0, 0.05) is 16.1 Å². The Morgan fingerprint density at radius 2 is 1.90 bits per heavy atom. The van der Waals surface area contributed by atoms with Crippen LogP contribution in [0.5, 0.6) is 11.5 Å². The Kier molecular flexibility index (Phi) is 5.02. The minimum Gasteiger partial charge on any atom is -0.455 e. The van der Waals surface area contributed by atoms with Gasteiger partial charge in [-0.3, -0.25) is 0 Å². The molecule has 1 N–H and O–H groups in total. The fourth-order valence-electron chi connectivity index (χ4n) is 1.78. The number of rotatable bonds is 4. The molecule has 0 saturated carbocycles. The van der Waals surface area contributed by atoms with Crippen LogP contribution in [-0.4, -0.2) is 7.05 Å². The van der Waals surface area contributed by atoms with Crippen molar-refractivity contribution in [2.45, 2.75) is 13.0 Å². The highest BCUT2D eigenvalue weighted by molar-refractivity contribution is 9.10. The molecular weight excluding hydrogens is 345 g/mol. The van der Waals surface area contributed by atoms with E-state index in [1.54, 1.807) is 18.2 Å². The van der Waals surface area contributed by atoms with Crippen LogP contribution >= 0.6 is 27.5 Å². The Morgan fingerprint density at radius 3 is 2.55 bits per heavy atom. The molecule has 0 aromatic heterocycles. The predicted molar refractivity (Wildman–Crippen MR) is 83.1 cm³/mol. The molecule has 106 valence electrons. The minimum atomic E-state index is -0.295. The zero-order valence-corrected chi connectivity index (χ0v) is 13.4. The second-order valence-corrected chi connectivity index (χ2v) is 5.69. The fourth-order valence-corrected chi connectivity index (χ4v) is 2.49.